The molecule has 0 unspecified atom stereocenters. The summed E-state index contributed by atoms with van der Waals surface area (Å²) in [5.41, 5.74) is 2.29. The second-order valence-corrected chi connectivity index (χ2v) is 13.7. The molecule has 0 amide bonds. The van der Waals surface area contributed by atoms with Gasteiger partial charge in [0.25, 0.3) is 0 Å². The van der Waals surface area contributed by atoms with Crippen molar-refractivity contribution < 1.29 is 22.7 Å². The van der Waals surface area contributed by atoms with Crippen LogP contribution in [0, 0.1) is 0 Å². The molecule has 0 saturated heterocycles. The second kappa shape index (κ2) is 10.5. The highest BCUT2D eigenvalue weighted by molar-refractivity contribution is 6.89. The van der Waals surface area contributed by atoms with Crippen LogP contribution in [0.15, 0.2) is 58.5 Å². The van der Waals surface area contributed by atoms with Crippen molar-refractivity contribution in [2.75, 3.05) is 7.11 Å². The summed E-state index contributed by atoms with van der Waals surface area (Å²) >= 11 is 0. The minimum atomic E-state index is -4.16. The van der Waals surface area contributed by atoms with E-state index >= 15 is 0 Å². The number of ether oxygens (including phenoxy) is 1. The van der Waals surface area contributed by atoms with Crippen molar-refractivity contribution in [2.24, 2.45) is 12.2 Å². The second-order valence-electron chi connectivity index (χ2n) is 8.89. The summed E-state index contributed by atoms with van der Waals surface area (Å²) in [7, 11) is 0.698. The predicted molar refractivity (Wildman–Crippen MR) is 131 cm³/mol. The lowest BCUT2D eigenvalue weighted by Crippen LogP contribution is -2.42. The van der Waals surface area contributed by atoms with Gasteiger partial charge in [-0.15, -0.1) is 5.10 Å². The Hall–Kier alpha value is -3.34. The Kier molecular flexibility index (Phi) is 7.89. The zero-order valence-corrected chi connectivity index (χ0v) is 21.4. The van der Waals surface area contributed by atoms with Crippen molar-refractivity contribution in [1.82, 2.24) is 14.3 Å². The Bertz CT molecular complexity index is 1270. The predicted octanol–water partition coefficient (Wildman–Crippen LogP) is 4.39. The van der Waals surface area contributed by atoms with Gasteiger partial charge in [0.1, 0.15) is 6.61 Å². The molecule has 35 heavy (non-hydrogen) atoms. The van der Waals surface area contributed by atoms with Gasteiger partial charge in [0.05, 0.1) is 26.6 Å². The first-order valence-corrected chi connectivity index (χ1v) is 14.3. The number of aryl methyl sites for hydroxylation is 1. The Balaban J connectivity index is 1.78. The highest BCUT2D eigenvalue weighted by atomic mass is 28.3. The molecule has 0 aliphatic heterocycles. The monoisotopic (exact) mass is 506 g/mol. The van der Waals surface area contributed by atoms with Gasteiger partial charge in [-0.25, -0.2) is 14.0 Å². The maximum Gasteiger partial charge on any atom is 0.388 e. The molecule has 0 fully saturated rings. The molecule has 0 saturated carbocycles. The van der Waals surface area contributed by atoms with Crippen LogP contribution in [0.3, 0.4) is 0 Å². The van der Waals surface area contributed by atoms with Gasteiger partial charge in [0, 0.05) is 19.0 Å². The number of halogens is 3. The van der Waals surface area contributed by atoms with Gasteiger partial charge in [-0.3, -0.25) is 0 Å². The molecule has 3 aromatic rings. The molecule has 0 N–H and O–H groups in total. The van der Waals surface area contributed by atoms with Crippen LogP contribution in [0.2, 0.25) is 19.1 Å². The van der Waals surface area contributed by atoms with Crippen LogP contribution in [0.25, 0.3) is 5.69 Å². The SMILES string of the molecule is COc1nn(C)c(=O)n1-c1ccccc1CO/N=C(/C)c1cccc([Si](C)(C)CCC(F)(F)F)c1. The van der Waals surface area contributed by atoms with Gasteiger partial charge >= 0.3 is 17.9 Å². The van der Waals surface area contributed by atoms with Crippen LogP contribution in [0.4, 0.5) is 13.2 Å². The lowest BCUT2D eigenvalue weighted by atomic mass is 10.1. The van der Waals surface area contributed by atoms with Gasteiger partial charge in [-0.1, -0.05) is 65.9 Å². The normalized spacial score (nSPS) is 12.6. The molecule has 1 aromatic heterocycles. The Morgan fingerprint density at radius 2 is 1.86 bits per heavy atom. The van der Waals surface area contributed by atoms with Gasteiger partial charge in [0.2, 0.25) is 0 Å². The van der Waals surface area contributed by atoms with E-state index in [1.54, 1.807) is 19.1 Å². The van der Waals surface area contributed by atoms with Crippen LogP contribution in [-0.4, -0.2) is 41.4 Å². The third-order valence-corrected chi connectivity index (χ3v) is 9.20. The Morgan fingerprint density at radius 3 is 2.54 bits per heavy atom. The van der Waals surface area contributed by atoms with Crippen molar-refractivity contribution in [3.8, 4) is 11.7 Å². The lowest BCUT2D eigenvalue weighted by Gasteiger charge is -2.24. The number of hydrogen-bond donors (Lipinski definition) is 0. The number of benzene rings is 2. The average molecular weight is 507 g/mol. The molecule has 11 heteroatoms. The smallest absolute Gasteiger partial charge is 0.388 e. The summed E-state index contributed by atoms with van der Waals surface area (Å²) < 4.78 is 46.0. The molecule has 0 bridgehead atoms. The summed E-state index contributed by atoms with van der Waals surface area (Å²) in [6, 6.07) is 14.9. The minimum Gasteiger partial charge on any atom is -0.467 e. The van der Waals surface area contributed by atoms with E-state index in [2.05, 4.69) is 10.3 Å². The number of hydrogen-bond acceptors (Lipinski definition) is 5. The Labute approximate surface area is 202 Å². The van der Waals surface area contributed by atoms with E-state index in [0.29, 0.717) is 17.0 Å². The maximum atomic E-state index is 12.7. The summed E-state index contributed by atoms with van der Waals surface area (Å²) in [6.45, 7) is 5.74. The van der Waals surface area contributed by atoms with E-state index in [0.717, 1.165) is 10.8 Å². The molecular weight excluding hydrogens is 477 g/mol. The van der Waals surface area contributed by atoms with Gasteiger partial charge in [0.15, 0.2) is 0 Å². The molecule has 188 valence electrons. The molecule has 1 heterocycles. The van der Waals surface area contributed by atoms with E-state index in [1.165, 1.54) is 23.4 Å². The fourth-order valence-corrected chi connectivity index (χ4v) is 5.94. The molecule has 0 aliphatic rings. The third kappa shape index (κ3) is 6.41. The first-order valence-electron chi connectivity index (χ1n) is 11.1. The Morgan fingerprint density at radius 1 is 1.14 bits per heavy atom. The van der Waals surface area contributed by atoms with Gasteiger partial charge in [-0.05, 0) is 24.6 Å². The largest absolute Gasteiger partial charge is 0.467 e. The molecule has 0 spiro atoms. The topological polar surface area (TPSA) is 70.6 Å². The van der Waals surface area contributed by atoms with E-state index in [4.69, 9.17) is 9.57 Å². The van der Waals surface area contributed by atoms with Crippen LogP contribution in [0.5, 0.6) is 6.01 Å². The fraction of sp³-hybridized carbons (Fsp3) is 0.375. The van der Waals surface area contributed by atoms with Crippen LogP contribution in [0.1, 0.15) is 24.5 Å². The highest BCUT2D eigenvalue weighted by Crippen LogP contribution is 2.26. The maximum absolute atomic E-state index is 12.7. The van der Waals surface area contributed by atoms with E-state index in [1.807, 2.05) is 49.5 Å². The molecule has 7 nitrogen and oxygen atoms in total. The zero-order chi connectivity index (χ0) is 25.8. The van der Waals surface area contributed by atoms with Crippen molar-refractivity contribution in [3.05, 3.63) is 70.1 Å². The minimum absolute atomic E-state index is 0.0868. The quantitative estimate of drug-likeness (QED) is 0.245. The first kappa shape index (κ1) is 26.3. The average Bonchev–Trinajstić information content (AvgIpc) is 3.11. The molecule has 2 aromatic carbocycles. The van der Waals surface area contributed by atoms with E-state index in [9.17, 15) is 18.0 Å². The fourth-order valence-electron chi connectivity index (χ4n) is 3.65. The summed E-state index contributed by atoms with van der Waals surface area (Å²) in [4.78, 5) is 18.1. The molecule has 0 radical (unpaired) electrons. The van der Waals surface area contributed by atoms with E-state index < -0.39 is 20.7 Å². The van der Waals surface area contributed by atoms with Gasteiger partial charge in [-0.2, -0.15) is 13.2 Å². The van der Waals surface area contributed by atoms with Crippen molar-refractivity contribution in [3.63, 3.8) is 0 Å². The van der Waals surface area contributed by atoms with Crippen LogP contribution < -0.4 is 15.6 Å². The van der Waals surface area contributed by atoms with Crippen LogP contribution >= 0.6 is 0 Å². The van der Waals surface area contributed by atoms with Crippen molar-refractivity contribution >= 4 is 19.0 Å². The number of oxime groups is 1. The number of rotatable bonds is 9. The van der Waals surface area contributed by atoms with Gasteiger partial charge < -0.3 is 9.57 Å². The van der Waals surface area contributed by atoms with Crippen LogP contribution in [-0.2, 0) is 18.5 Å². The van der Waals surface area contributed by atoms with Crippen molar-refractivity contribution in [1.29, 1.82) is 0 Å². The first-order chi connectivity index (χ1) is 16.4. The lowest BCUT2D eigenvalue weighted by molar-refractivity contribution is -0.130. The summed E-state index contributed by atoms with van der Waals surface area (Å²) in [5.74, 6) is 0. The van der Waals surface area contributed by atoms with Crippen molar-refractivity contribution in [2.45, 2.75) is 45.3 Å². The summed E-state index contributed by atoms with van der Waals surface area (Å²) in [5, 5.41) is 9.21. The third-order valence-electron chi connectivity index (χ3n) is 5.83. The molecule has 3 rings (SSSR count). The number of nitrogens with zero attached hydrogens (tertiary/aromatic N) is 4. The molecule has 0 atom stereocenters. The summed E-state index contributed by atoms with van der Waals surface area (Å²) in [6.07, 6.45) is -4.94. The number of para-hydroxylation sites is 1. The molecule has 0 aliphatic carbocycles. The zero-order valence-electron chi connectivity index (χ0n) is 20.4. The number of aromatic nitrogens is 3. The standard InChI is InChI=1S/C24H29F3N4O3Si/c1-17(18-10-8-11-20(15-18)35(4,5)14-13-24(25,26)27)29-34-16-19-9-6-7-12-21(19)31-22(33-3)28-30(2)23(31)32/h6-12,15H,13-14,16H2,1-5H3/b29-17-. The molecular formula is C24H29F3N4O3Si. The number of alkyl halides is 3. The number of methoxy groups -OCH3 is 1. The highest BCUT2D eigenvalue weighted by Gasteiger charge is 2.33. The van der Waals surface area contributed by atoms with E-state index in [-0.39, 0.29) is 24.4 Å².